The van der Waals surface area contributed by atoms with Crippen molar-refractivity contribution in [3.63, 3.8) is 0 Å². The van der Waals surface area contributed by atoms with E-state index in [4.69, 9.17) is 9.88 Å². The second-order valence-corrected chi connectivity index (χ2v) is 7.94. The molecule has 2 rings (SSSR count). The molecule has 27 heavy (non-hydrogen) atoms. The third-order valence-corrected chi connectivity index (χ3v) is 5.23. The van der Waals surface area contributed by atoms with Crippen LogP contribution in [0.5, 0.6) is 5.75 Å². The predicted molar refractivity (Wildman–Crippen MR) is 104 cm³/mol. The van der Waals surface area contributed by atoms with Crippen molar-refractivity contribution in [2.45, 2.75) is 31.3 Å². The zero-order valence-corrected chi connectivity index (χ0v) is 16.5. The van der Waals surface area contributed by atoms with Crippen molar-refractivity contribution in [3.8, 4) is 5.75 Å². The molecule has 2 aromatic carbocycles. The van der Waals surface area contributed by atoms with Crippen molar-refractivity contribution in [3.05, 3.63) is 54.1 Å². The maximum absolute atomic E-state index is 12.5. The smallest absolute Gasteiger partial charge is 0.282 e. The van der Waals surface area contributed by atoms with E-state index in [1.54, 1.807) is 0 Å². The average molecular weight is 393 g/mol. The number of quaternary nitrogens is 1. The van der Waals surface area contributed by atoms with Crippen molar-refractivity contribution in [1.29, 1.82) is 0 Å². The molecule has 146 valence electrons. The van der Waals surface area contributed by atoms with Gasteiger partial charge in [-0.3, -0.25) is 4.79 Å². The van der Waals surface area contributed by atoms with E-state index in [-0.39, 0.29) is 16.8 Å². The first-order chi connectivity index (χ1) is 12.7. The quantitative estimate of drug-likeness (QED) is 0.617. The second kappa shape index (κ2) is 8.98. The Labute approximate surface area is 160 Å². The molecule has 0 fully saturated rings. The predicted octanol–water partition coefficient (Wildman–Crippen LogP) is 0.775. The Morgan fingerprint density at radius 1 is 1.15 bits per heavy atom. The summed E-state index contributed by atoms with van der Waals surface area (Å²) in [6, 6.07) is 13.3. The summed E-state index contributed by atoms with van der Waals surface area (Å²) in [6.07, 6.45) is 0. The molecule has 0 saturated heterocycles. The Morgan fingerprint density at radius 3 is 2.26 bits per heavy atom. The van der Waals surface area contributed by atoms with Crippen molar-refractivity contribution < 1.29 is 22.8 Å². The molecule has 2 aromatic rings. The van der Waals surface area contributed by atoms with Gasteiger partial charge in [-0.2, -0.15) is 0 Å². The zero-order valence-electron chi connectivity index (χ0n) is 15.7. The standard InChI is InChI=1S/C19H25N3O4S/c1-4-26-17-9-5-15(6-10-17)13-22(3)14(2)19(23)21-16-7-11-18(12-8-16)27(20,24)25/h5-12,14H,4,13H2,1-3H3,(H,21,23)(H2,20,24,25)/p+1/t14-/m0/s1. The molecular weight excluding hydrogens is 366 g/mol. The van der Waals surface area contributed by atoms with Gasteiger partial charge in [0, 0.05) is 11.3 Å². The van der Waals surface area contributed by atoms with Crippen LogP contribution in [0, 0.1) is 0 Å². The molecule has 0 spiro atoms. The Bertz CT molecular complexity index is 865. The van der Waals surface area contributed by atoms with E-state index < -0.39 is 10.0 Å². The van der Waals surface area contributed by atoms with Crippen LogP contribution in [0.1, 0.15) is 19.4 Å². The fourth-order valence-corrected chi connectivity index (χ4v) is 3.06. The highest BCUT2D eigenvalue weighted by atomic mass is 32.2. The normalized spacial score (nSPS) is 13.6. The van der Waals surface area contributed by atoms with Crippen LogP contribution in [0.25, 0.3) is 0 Å². The van der Waals surface area contributed by atoms with Crippen LogP contribution in [0.15, 0.2) is 53.4 Å². The first-order valence-corrected chi connectivity index (χ1v) is 10.2. The van der Waals surface area contributed by atoms with Gasteiger partial charge in [-0.05, 0) is 62.4 Å². The number of carbonyl (C=O) groups excluding carboxylic acids is 1. The molecule has 0 aromatic heterocycles. The number of likely N-dealkylation sites (N-methyl/N-ethyl adjacent to an activating group) is 1. The van der Waals surface area contributed by atoms with Gasteiger partial charge in [0.15, 0.2) is 6.04 Å². The zero-order chi connectivity index (χ0) is 20.0. The summed E-state index contributed by atoms with van der Waals surface area (Å²) in [4.78, 5) is 13.5. The number of hydrogen-bond donors (Lipinski definition) is 3. The third-order valence-electron chi connectivity index (χ3n) is 4.30. The van der Waals surface area contributed by atoms with Gasteiger partial charge in [0.05, 0.1) is 18.6 Å². The minimum Gasteiger partial charge on any atom is -0.494 e. The maximum atomic E-state index is 12.5. The van der Waals surface area contributed by atoms with Crippen LogP contribution in [0.3, 0.4) is 0 Å². The highest BCUT2D eigenvalue weighted by Gasteiger charge is 2.22. The maximum Gasteiger partial charge on any atom is 0.282 e. The number of carbonyl (C=O) groups is 1. The average Bonchev–Trinajstić information content (AvgIpc) is 2.62. The van der Waals surface area contributed by atoms with E-state index in [0.717, 1.165) is 16.2 Å². The molecule has 1 amide bonds. The van der Waals surface area contributed by atoms with E-state index in [1.807, 2.05) is 45.2 Å². The lowest BCUT2D eigenvalue weighted by molar-refractivity contribution is -0.907. The minimum atomic E-state index is -3.75. The van der Waals surface area contributed by atoms with Crippen molar-refractivity contribution in [2.24, 2.45) is 5.14 Å². The molecule has 0 aliphatic carbocycles. The highest BCUT2D eigenvalue weighted by molar-refractivity contribution is 7.89. The van der Waals surface area contributed by atoms with Crippen molar-refractivity contribution in [2.75, 3.05) is 19.0 Å². The summed E-state index contributed by atoms with van der Waals surface area (Å²) in [5.41, 5.74) is 1.63. The van der Waals surface area contributed by atoms with Crippen LogP contribution >= 0.6 is 0 Å². The van der Waals surface area contributed by atoms with E-state index in [1.165, 1.54) is 24.3 Å². The van der Waals surface area contributed by atoms with Crippen LogP contribution in [0.4, 0.5) is 5.69 Å². The molecule has 0 aliphatic rings. The molecule has 0 saturated carbocycles. The lowest BCUT2D eigenvalue weighted by Gasteiger charge is -2.21. The van der Waals surface area contributed by atoms with Gasteiger partial charge >= 0.3 is 0 Å². The lowest BCUT2D eigenvalue weighted by atomic mass is 10.1. The van der Waals surface area contributed by atoms with Gasteiger partial charge in [0.2, 0.25) is 10.0 Å². The number of sulfonamides is 1. The van der Waals surface area contributed by atoms with E-state index in [9.17, 15) is 13.2 Å². The van der Waals surface area contributed by atoms with Gasteiger partial charge in [-0.25, -0.2) is 13.6 Å². The summed E-state index contributed by atoms with van der Waals surface area (Å²) >= 11 is 0. The Balaban J connectivity index is 1.95. The van der Waals surface area contributed by atoms with E-state index >= 15 is 0 Å². The number of primary sulfonamides is 1. The number of ether oxygens (including phenoxy) is 1. The lowest BCUT2D eigenvalue weighted by Crippen LogP contribution is -3.12. The van der Waals surface area contributed by atoms with Crippen molar-refractivity contribution in [1.82, 2.24) is 0 Å². The fraction of sp³-hybridized carbons (Fsp3) is 0.316. The number of nitrogens with one attached hydrogen (secondary N) is 2. The van der Waals surface area contributed by atoms with Gasteiger partial charge in [0.1, 0.15) is 12.3 Å². The molecule has 0 aliphatic heterocycles. The fourth-order valence-electron chi connectivity index (χ4n) is 2.55. The Morgan fingerprint density at radius 2 is 1.74 bits per heavy atom. The number of amides is 1. The minimum absolute atomic E-state index is 0.00629. The molecular formula is C19H26N3O4S+. The molecule has 0 bridgehead atoms. The molecule has 0 radical (unpaired) electrons. The number of rotatable bonds is 8. The summed E-state index contributed by atoms with van der Waals surface area (Å²) in [5, 5.41) is 7.87. The van der Waals surface area contributed by atoms with Gasteiger partial charge in [0.25, 0.3) is 5.91 Å². The first kappa shape index (κ1) is 20.9. The summed E-state index contributed by atoms with van der Waals surface area (Å²) in [5.74, 6) is 0.675. The number of benzene rings is 2. The molecule has 4 N–H and O–H groups in total. The molecule has 8 heteroatoms. The van der Waals surface area contributed by atoms with Gasteiger partial charge in [-0.1, -0.05) is 0 Å². The second-order valence-electron chi connectivity index (χ2n) is 6.38. The highest BCUT2D eigenvalue weighted by Crippen LogP contribution is 2.13. The number of anilines is 1. The van der Waals surface area contributed by atoms with Crippen LogP contribution in [0.2, 0.25) is 0 Å². The summed E-state index contributed by atoms with van der Waals surface area (Å²) < 4.78 is 28.0. The van der Waals surface area contributed by atoms with Crippen molar-refractivity contribution >= 4 is 21.6 Å². The molecule has 1 unspecified atom stereocenters. The summed E-state index contributed by atoms with van der Waals surface area (Å²) in [7, 11) is -1.80. The number of hydrogen-bond acceptors (Lipinski definition) is 4. The molecule has 7 nitrogen and oxygen atoms in total. The SMILES string of the molecule is CCOc1ccc(C[NH+](C)[C@@H](C)C(=O)Nc2ccc(S(N)(=O)=O)cc2)cc1. The topological polar surface area (TPSA) is 103 Å². The molecule has 0 heterocycles. The third kappa shape index (κ3) is 6.06. The largest absolute Gasteiger partial charge is 0.494 e. The molecule has 2 atom stereocenters. The van der Waals surface area contributed by atoms with Gasteiger partial charge < -0.3 is 15.0 Å². The van der Waals surface area contributed by atoms with E-state index in [2.05, 4.69) is 5.32 Å². The monoisotopic (exact) mass is 392 g/mol. The Kier molecular flexibility index (Phi) is 6.95. The van der Waals surface area contributed by atoms with Crippen LogP contribution in [-0.2, 0) is 21.4 Å². The first-order valence-electron chi connectivity index (χ1n) is 8.68. The summed E-state index contributed by atoms with van der Waals surface area (Å²) in [6.45, 7) is 5.10. The Hall–Kier alpha value is -2.42. The van der Waals surface area contributed by atoms with Crippen LogP contribution < -0.4 is 20.1 Å². The van der Waals surface area contributed by atoms with E-state index in [0.29, 0.717) is 18.8 Å². The van der Waals surface area contributed by atoms with Gasteiger partial charge in [-0.15, -0.1) is 0 Å². The van der Waals surface area contributed by atoms with Crippen LogP contribution in [-0.4, -0.2) is 34.0 Å². The number of nitrogens with two attached hydrogens (primary N) is 1.